The van der Waals surface area contributed by atoms with Crippen molar-refractivity contribution in [1.29, 1.82) is 0 Å². The van der Waals surface area contributed by atoms with Crippen LogP contribution in [0.25, 0.3) is 0 Å². The second-order valence-electron chi connectivity index (χ2n) is 3.96. The van der Waals surface area contributed by atoms with Gasteiger partial charge in [-0.2, -0.15) is 0 Å². The Morgan fingerprint density at radius 2 is 1.81 bits per heavy atom. The summed E-state index contributed by atoms with van der Waals surface area (Å²) in [6, 6.07) is 9.24. The van der Waals surface area contributed by atoms with Crippen molar-refractivity contribution in [2.45, 2.75) is 26.7 Å². The van der Waals surface area contributed by atoms with Crippen LogP contribution in [0.1, 0.15) is 25.8 Å². The van der Waals surface area contributed by atoms with Crippen LogP contribution in [0.5, 0.6) is 0 Å². The number of carbonyl (C=O) groups is 2. The lowest BCUT2D eigenvalue weighted by atomic mass is 9.76. The molecule has 3 heteroatoms. The van der Waals surface area contributed by atoms with Crippen molar-refractivity contribution in [2.24, 2.45) is 5.41 Å². The zero-order valence-corrected chi connectivity index (χ0v) is 9.56. The molecule has 1 aromatic carbocycles. The number of ketones is 1. The topological polar surface area (TPSA) is 54.4 Å². The van der Waals surface area contributed by atoms with Gasteiger partial charge in [0.05, 0.1) is 0 Å². The molecule has 0 saturated carbocycles. The van der Waals surface area contributed by atoms with Gasteiger partial charge in [-0.15, -0.1) is 0 Å². The van der Waals surface area contributed by atoms with Crippen LogP contribution in [0.4, 0.5) is 0 Å². The van der Waals surface area contributed by atoms with E-state index in [9.17, 15) is 14.7 Å². The van der Waals surface area contributed by atoms with E-state index in [0.29, 0.717) is 6.42 Å². The predicted octanol–water partition coefficient (Wildman–Crippen LogP) is 2.30. The molecule has 0 fully saturated rings. The third-order valence-electron chi connectivity index (χ3n) is 3.04. The van der Waals surface area contributed by atoms with Crippen molar-refractivity contribution in [3.63, 3.8) is 0 Å². The van der Waals surface area contributed by atoms with Crippen molar-refractivity contribution in [3.8, 4) is 0 Å². The van der Waals surface area contributed by atoms with E-state index >= 15 is 0 Å². The van der Waals surface area contributed by atoms with E-state index < -0.39 is 11.4 Å². The lowest BCUT2D eigenvalue weighted by Gasteiger charge is -2.25. The average Bonchev–Trinajstić information content (AvgIpc) is 2.26. The molecule has 1 N–H and O–H groups in total. The second-order valence-corrected chi connectivity index (χ2v) is 3.96. The molecule has 0 radical (unpaired) electrons. The summed E-state index contributed by atoms with van der Waals surface area (Å²) < 4.78 is 0. The summed E-state index contributed by atoms with van der Waals surface area (Å²) in [5, 5.41) is 9.23. The monoisotopic (exact) mass is 220 g/mol. The molecule has 0 aliphatic heterocycles. The second kappa shape index (κ2) is 4.92. The van der Waals surface area contributed by atoms with Crippen LogP contribution >= 0.6 is 0 Å². The molecule has 1 rings (SSSR count). The van der Waals surface area contributed by atoms with Gasteiger partial charge in [0, 0.05) is 0 Å². The Balaban J connectivity index is 3.04. The minimum Gasteiger partial charge on any atom is -0.480 e. The molecule has 0 bridgehead atoms. The van der Waals surface area contributed by atoms with Crippen molar-refractivity contribution in [1.82, 2.24) is 0 Å². The molecule has 1 aromatic rings. The van der Waals surface area contributed by atoms with E-state index in [2.05, 4.69) is 0 Å². The molecule has 86 valence electrons. The van der Waals surface area contributed by atoms with Crippen molar-refractivity contribution < 1.29 is 14.7 Å². The fourth-order valence-electron chi connectivity index (χ4n) is 1.82. The highest BCUT2D eigenvalue weighted by Crippen LogP contribution is 2.28. The normalized spacial score (nSPS) is 14.1. The molecule has 16 heavy (non-hydrogen) atoms. The number of hydrogen-bond acceptors (Lipinski definition) is 2. The summed E-state index contributed by atoms with van der Waals surface area (Å²) in [6.45, 7) is 3.08. The van der Waals surface area contributed by atoms with Crippen molar-refractivity contribution in [3.05, 3.63) is 35.9 Å². The van der Waals surface area contributed by atoms with E-state index in [1.807, 2.05) is 30.3 Å². The molecular formula is C13H16O3. The molecule has 0 spiro atoms. The number of hydrogen-bond donors (Lipinski definition) is 1. The Labute approximate surface area is 95.1 Å². The largest absolute Gasteiger partial charge is 0.480 e. The predicted molar refractivity (Wildman–Crippen MR) is 61.2 cm³/mol. The van der Waals surface area contributed by atoms with Crippen molar-refractivity contribution >= 4 is 11.8 Å². The van der Waals surface area contributed by atoms with Gasteiger partial charge in [0.1, 0.15) is 11.2 Å². The molecule has 1 unspecified atom stereocenters. The number of aliphatic carboxylic acids is 1. The lowest BCUT2D eigenvalue weighted by molar-refractivity contribution is -0.154. The molecule has 0 heterocycles. The van der Waals surface area contributed by atoms with E-state index in [-0.39, 0.29) is 12.2 Å². The minimum atomic E-state index is -1.28. The van der Waals surface area contributed by atoms with Crippen LogP contribution in [0, 0.1) is 5.41 Å². The van der Waals surface area contributed by atoms with E-state index in [0.717, 1.165) is 5.56 Å². The first-order valence-electron chi connectivity index (χ1n) is 5.31. The average molecular weight is 220 g/mol. The van der Waals surface area contributed by atoms with Gasteiger partial charge in [-0.25, -0.2) is 0 Å². The number of carbonyl (C=O) groups excluding carboxylic acids is 1. The van der Waals surface area contributed by atoms with E-state index in [1.165, 1.54) is 6.92 Å². The minimum absolute atomic E-state index is 0.259. The first-order chi connectivity index (χ1) is 7.53. The summed E-state index contributed by atoms with van der Waals surface area (Å²) >= 11 is 0. The van der Waals surface area contributed by atoms with Gasteiger partial charge in [0.15, 0.2) is 0 Å². The maximum Gasteiger partial charge on any atom is 0.317 e. The third-order valence-corrected chi connectivity index (χ3v) is 3.04. The van der Waals surface area contributed by atoms with Gasteiger partial charge in [0.25, 0.3) is 0 Å². The Kier molecular flexibility index (Phi) is 3.82. The van der Waals surface area contributed by atoms with E-state index in [4.69, 9.17) is 0 Å². The fraction of sp³-hybridized carbons (Fsp3) is 0.385. The Morgan fingerprint density at radius 3 is 2.19 bits per heavy atom. The van der Waals surface area contributed by atoms with Gasteiger partial charge < -0.3 is 5.11 Å². The van der Waals surface area contributed by atoms with Gasteiger partial charge in [-0.1, -0.05) is 37.3 Å². The number of carboxylic acid groups (broad SMARTS) is 1. The van der Waals surface area contributed by atoms with Crippen LogP contribution in [0.15, 0.2) is 30.3 Å². The zero-order valence-electron chi connectivity index (χ0n) is 9.56. The first-order valence-corrected chi connectivity index (χ1v) is 5.31. The summed E-state index contributed by atoms with van der Waals surface area (Å²) in [6.07, 6.45) is 0.571. The standard InChI is InChI=1S/C13H16O3/c1-3-13(10(2)14,12(15)16)9-11-7-5-4-6-8-11/h4-8H,3,9H2,1-2H3,(H,15,16). The SMILES string of the molecule is CCC(Cc1ccccc1)(C(C)=O)C(=O)O. The number of rotatable bonds is 5. The molecule has 1 atom stereocenters. The van der Waals surface area contributed by atoms with Crippen LogP contribution in [-0.4, -0.2) is 16.9 Å². The number of carboxylic acids is 1. The van der Waals surface area contributed by atoms with Gasteiger partial charge >= 0.3 is 5.97 Å². The van der Waals surface area contributed by atoms with Crippen LogP contribution < -0.4 is 0 Å². The quantitative estimate of drug-likeness (QED) is 0.774. The molecule has 0 saturated heterocycles. The molecule has 0 amide bonds. The highest BCUT2D eigenvalue weighted by molar-refractivity contribution is 6.02. The summed E-state index contributed by atoms with van der Waals surface area (Å²) in [4.78, 5) is 22.8. The summed E-state index contributed by atoms with van der Waals surface area (Å²) in [5.41, 5.74) is -0.400. The molecule has 0 aromatic heterocycles. The van der Waals surface area contributed by atoms with Gasteiger partial charge in [-0.05, 0) is 25.3 Å². The highest BCUT2D eigenvalue weighted by Gasteiger charge is 2.41. The Bertz CT molecular complexity index is 367. The summed E-state index contributed by atoms with van der Waals surface area (Å²) in [7, 11) is 0. The van der Waals surface area contributed by atoms with Crippen LogP contribution in [-0.2, 0) is 16.0 Å². The van der Waals surface area contributed by atoms with Gasteiger partial charge in [0.2, 0.25) is 0 Å². The highest BCUT2D eigenvalue weighted by atomic mass is 16.4. The Hall–Kier alpha value is -1.64. The maximum atomic E-state index is 11.6. The fourth-order valence-corrected chi connectivity index (χ4v) is 1.82. The summed E-state index contributed by atoms with van der Waals surface area (Å²) in [5.74, 6) is -1.32. The molecular weight excluding hydrogens is 204 g/mol. The molecule has 0 aliphatic carbocycles. The number of Topliss-reactive ketones (excluding diaryl/α,β-unsaturated/α-hetero) is 1. The lowest BCUT2D eigenvalue weighted by Crippen LogP contribution is -2.39. The van der Waals surface area contributed by atoms with Crippen LogP contribution in [0.2, 0.25) is 0 Å². The van der Waals surface area contributed by atoms with Crippen molar-refractivity contribution in [2.75, 3.05) is 0 Å². The third kappa shape index (κ3) is 2.30. The number of benzene rings is 1. The first kappa shape index (κ1) is 12.4. The van der Waals surface area contributed by atoms with Crippen LogP contribution in [0.3, 0.4) is 0 Å². The zero-order chi connectivity index (χ0) is 12.2. The molecule has 0 aliphatic rings. The van der Waals surface area contributed by atoms with Gasteiger partial charge in [-0.3, -0.25) is 9.59 Å². The maximum absolute atomic E-state index is 11.6. The molecule has 3 nitrogen and oxygen atoms in total. The smallest absolute Gasteiger partial charge is 0.317 e. The van der Waals surface area contributed by atoms with E-state index in [1.54, 1.807) is 6.92 Å². The Morgan fingerprint density at radius 1 is 1.25 bits per heavy atom.